The third-order valence-corrected chi connectivity index (χ3v) is 3.74. The van der Waals surface area contributed by atoms with Gasteiger partial charge in [0.25, 0.3) is 0 Å². The number of nitrogens with zero attached hydrogens (tertiary/aromatic N) is 1. The lowest BCUT2D eigenvalue weighted by molar-refractivity contribution is 0.199. The second-order valence-corrected chi connectivity index (χ2v) is 5.19. The number of benzene rings is 1. The van der Waals surface area contributed by atoms with Crippen LogP contribution in [0.15, 0.2) is 18.2 Å². The third-order valence-electron chi connectivity index (χ3n) is 3.74. The average molecular weight is 250 g/mol. The normalized spacial score (nSPS) is 19.7. The first-order valence-electron chi connectivity index (χ1n) is 6.90. The van der Waals surface area contributed by atoms with Crippen LogP contribution in [0, 0.1) is 12.7 Å². The molecule has 1 saturated heterocycles. The van der Waals surface area contributed by atoms with Crippen molar-refractivity contribution >= 4 is 0 Å². The highest BCUT2D eigenvalue weighted by atomic mass is 19.1. The second kappa shape index (κ2) is 6.30. The zero-order valence-electron chi connectivity index (χ0n) is 11.4. The molecule has 2 nitrogen and oxygen atoms in total. The second-order valence-electron chi connectivity index (χ2n) is 5.19. The van der Waals surface area contributed by atoms with Gasteiger partial charge in [-0.2, -0.15) is 0 Å². The van der Waals surface area contributed by atoms with Gasteiger partial charge in [0.2, 0.25) is 0 Å². The molecule has 0 bridgehead atoms. The molecular weight excluding hydrogens is 227 g/mol. The lowest BCUT2D eigenvalue weighted by Gasteiger charge is -2.28. The maximum absolute atomic E-state index is 13.1. The number of rotatable bonds is 5. The standard InChI is InChI=1S/C15H23FN2/c1-3-8-18(15-6-7-17-10-15)11-13-4-5-14(16)9-12(13)2/h4-5,9,15,17H,3,6-8,10-11H2,1-2H3. The molecule has 1 heterocycles. The maximum Gasteiger partial charge on any atom is 0.123 e. The Kier molecular flexibility index (Phi) is 4.72. The van der Waals surface area contributed by atoms with E-state index in [0.29, 0.717) is 6.04 Å². The Labute approximate surface area is 109 Å². The van der Waals surface area contributed by atoms with E-state index in [1.807, 2.05) is 13.0 Å². The highest BCUT2D eigenvalue weighted by Gasteiger charge is 2.22. The Balaban J connectivity index is 2.07. The van der Waals surface area contributed by atoms with Crippen molar-refractivity contribution in [3.8, 4) is 0 Å². The summed E-state index contributed by atoms with van der Waals surface area (Å²) in [4.78, 5) is 2.53. The molecule has 1 unspecified atom stereocenters. The fourth-order valence-electron chi connectivity index (χ4n) is 2.68. The van der Waals surface area contributed by atoms with Gasteiger partial charge in [-0.1, -0.05) is 13.0 Å². The summed E-state index contributed by atoms with van der Waals surface area (Å²) in [5.41, 5.74) is 2.30. The minimum Gasteiger partial charge on any atom is -0.315 e. The molecule has 1 fully saturated rings. The maximum atomic E-state index is 13.1. The Morgan fingerprint density at radius 2 is 2.28 bits per heavy atom. The number of hydrogen-bond acceptors (Lipinski definition) is 2. The van der Waals surface area contributed by atoms with Gasteiger partial charge in [0, 0.05) is 19.1 Å². The van der Waals surface area contributed by atoms with Crippen molar-refractivity contribution in [2.45, 2.75) is 39.3 Å². The highest BCUT2D eigenvalue weighted by Crippen LogP contribution is 2.17. The first kappa shape index (κ1) is 13.5. The molecule has 100 valence electrons. The number of halogens is 1. The molecule has 0 aromatic heterocycles. The number of aryl methyl sites for hydroxylation is 1. The van der Waals surface area contributed by atoms with Gasteiger partial charge in [-0.25, -0.2) is 4.39 Å². The van der Waals surface area contributed by atoms with Crippen molar-refractivity contribution in [2.75, 3.05) is 19.6 Å². The summed E-state index contributed by atoms with van der Waals surface area (Å²) in [6.45, 7) is 8.46. The fraction of sp³-hybridized carbons (Fsp3) is 0.600. The predicted octanol–water partition coefficient (Wildman–Crippen LogP) is 2.71. The molecule has 1 aromatic carbocycles. The summed E-state index contributed by atoms with van der Waals surface area (Å²) in [6.07, 6.45) is 2.39. The van der Waals surface area contributed by atoms with Crippen molar-refractivity contribution in [3.63, 3.8) is 0 Å². The van der Waals surface area contributed by atoms with Crippen LogP contribution in [-0.2, 0) is 6.54 Å². The molecule has 0 saturated carbocycles. The topological polar surface area (TPSA) is 15.3 Å². The van der Waals surface area contributed by atoms with E-state index in [9.17, 15) is 4.39 Å². The number of nitrogens with one attached hydrogen (secondary N) is 1. The molecule has 1 N–H and O–H groups in total. The van der Waals surface area contributed by atoms with E-state index in [2.05, 4.69) is 17.1 Å². The van der Waals surface area contributed by atoms with Gasteiger partial charge in [-0.3, -0.25) is 4.90 Å². The molecule has 1 atom stereocenters. The predicted molar refractivity (Wildman–Crippen MR) is 73.1 cm³/mol. The lowest BCUT2D eigenvalue weighted by Crippen LogP contribution is -2.37. The van der Waals surface area contributed by atoms with Crippen LogP contribution in [0.3, 0.4) is 0 Å². The van der Waals surface area contributed by atoms with Gasteiger partial charge in [0.1, 0.15) is 5.82 Å². The Bertz CT molecular complexity index is 386. The van der Waals surface area contributed by atoms with E-state index in [-0.39, 0.29) is 5.82 Å². The van der Waals surface area contributed by atoms with Gasteiger partial charge in [0.15, 0.2) is 0 Å². The number of hydrogen-bond donors (Lipinski definition) is 1. The molecule has 0 amide bonds. The van der Waals surface area contributed by atoms with Gasteiger partial charge < -0.3 is 5.32 Å². The fourth-order valence-corrected chi connectivity index (χ4v) is 2.68. The van der Waals surface area contributed by atoms with Crippen LogP contribution < -0.4 is 5.32 Å². The molecule has 3 heteroatoms. The van der Waals surface area contributed by atoms with Crippen molar-refractivity contribution in [1.29, 1.82) is 0 Å². The van der Waals surface area contributed by atoms with Gasteiger partial charge in [-0.15, -0.1) is 0 Å². The van der Waals surface area contributed by atoms with Crippen LogP contribution in [0.1, 0.15) is 30.9 Å². The van der Waals surface area contributed by atoms with Gasteiger partial charge in [-0.05, 0) is 56.1 Å². The van der Waals surface area contributed by atoms with E-state index in [1.54, 1.807) is 12.1 Å². The zero-order chi connectivity index (χ0) is 13.0. The van der Waals surface area contributed by atoms with Crippen LogP contribution in [-0.4, -0.2) is 30.6 Å². The molecular formula is C15H23FN2. The lowest BCUT2D eigenvalue weighted by atomic mass is 10.1. The first-order chi connectivity index (χ1) is 8.70. The summed E-state index contributed by atoms with van der Waals surface area (Å²) < 4.78 is 13.1. The van der Waals surface area contributed by atoms with Crippen LogP contribution in [0.25, 0.3) is 0 Å². The molecule has 2 rings (SSSR count). The zero-order valence-corrected chi connectivity index (χ0v) is 11.4. The quantitative estimate of drug-likeness (QED) is 0.864. The van der Waals surface area contributed by atoms with Crippen LogP contribution in [0.4, 0.5) is 4.39 Å². The Hall–Kier alpha value is -0.930. The smallest absolute Gasteiger partial charge is 0.123 e. The van der Waals surface area contributed by atoms with Crippen LogP contribution in [0.5, 0.6) is 0 Å². The molecule has 18 heavy (non-hydrogen) atoms. The van der Waals surface area contributed by atoms with E-state index in [1.165, 1.54) is 12.0 Å². The van der Waals surface area contributed by atoms with Gasteiger partial charge in [0.05, 0.1) is 0 Å². The molecule has 0 aliphatic carbocycles. The Morgan fingerprint density at radius 3 is 2.89 bits per heavy atom. The summed E-state index contributed by atoms with van der Waals surface area (Å²) in [6, 6.07) is 5.76. The van der Waals surface area contributed by atoms with Crippen molar-refractivity contribution < 1.29 is 4.39 Å². The summed E-state index contributed by atoms with van der Waals surface area (Å²) >= 11 is 0. The molecule has 1 aliphatic rings. The monoisotopic (exact) mass is 250 g/mol. The minimum absolute atomic E-state index is 0.138. The molecule has 1 aromatic rings. The molecule has 1 aliphatic heterocycles. The van der Waals surface area contributed by atoms with Crippen LogP contribution in [0.2, 0.25) is 0 Å². The van der Waals surface area contributed by atoms with Crippen molar-refractivity contribution in [3.05, 3.63) is 35.1 Å². The third kappa shape index (κ3) is 3.30. The molecule has 0 spiro atoms. The molecule has 0 radical (unpaired) electrons. The van der Waals surface area contributed by atoms with Crippen LogP contribution >= 0.6 is 0 Å². The minimum atomic E-state index is -0.138. The van der Waals surface area contributed by atoms with E-state index >= 15 is 0 Å². The first-order valence-corrected chi connectivity index (χ1v) is 6.90. The van der Waals surface area contributed by atoms with E-state index in [0.717, 1.165) is 38.2 Å². The Morgan fingerprint density at radius 1 is 1.44 bits per heavy atom. The highest BCUT2D eigenvalue weighted by molar-refractivity contribution is 5.26. The van der Waals surface area contributed by atoms with Crippen molar-refractivity contribution in [1.82, 2.24) is 10.2 Å². The van der Waals surface area contributed by atoms with E-state index in [4.69, 9.17) is 0 Å². The summed E-state index contributed by atoms with van der Waals surface area (Å²) in [5, 5.41) is 3.42. The summed E-state index contributed by atoms with van der Waals surface area (Å²) in [5.74, 6) is -0.138. The average Bonchev–Trinajstić information content (AvgIpc) is 2.85. The summed E-state index contributed by atoms with van der Waals surface area (Å²) in [7, 11) is 0. The van der Waals surface area contributed by atoms with Crippen molar-refractivity contribution in [2.24, 2.45) is 0 Å². The largest absolute Gasteiger partial charge is 0.315 e. The van der Waals surface area contributed by atoms with E-state index < -0.39 is 0 Å². The van der Waals surface area contributed by atoms with Gasteiger partial charge >= 0.3 is 0 Å². The SMILES string of the molecule is CCCN(Cc1ccc(F)cc1C)C1CCNC1.